The molecule has 0 aliphatic heterocycles. The van der Waals surface area contributed by atoms with Crippen molar-refractivity contribution in [2.24, 2.45) is 17.3 Å². The van der Waals surface area contributed by atoms with E-state index in [4.69, 9.17) is 14.2 Å². The first kappa shape index (κ1) is 20.2. The number of rotatable bonds is 6. The maximum Gasteiger partial charge on any atom is 0.333 e. The van der Waals surface area contributed by atoms with Gasteiger partial charge in [0.25, 0.3) is 0 Å². The van der Waals surface area contributed by atoms with Crippen LogP contribution in [0.15, 0.2) is 23.3 Å². The van der Waals surface area contributed by atoms with Crippen molar-refractivity contribution in [3.63, 3.8) is 0 Å². The van der Waals surface area contributed by atoms with Crippen LogP contribution < -0.4 is 0 Å². The SMILES string of the molecule is CCOC(=O)C1=C2CC(C(=O)OCC)(C(=O)OCC)[C@H](C)[C@H]2C=CCC1. The van der Waals surface area contributed by atoms with E-state index in [1.54, 1.807) is 20.8 Å². The van der Waals surface area contributed by atoms with Crippen LogP contribution >= 0.6 is 0 Å². The summed E-state index contributed by atoms with van der Waals surface area (Å²) in [7, 11) is 0. The smallest absolute Gasteiger partial charge is 0.333 e. The average molecular weight is 364 g/mol. The van der Waals surface area contributed by atoms with Crippen LogP contribution in [0.3, 0.4) is 0 Å². The molecule has 2 atom stereocenters. The lowest BCUT2D eigenvalue weighted by Crippen LogP contribution is -2.45. The second-order valence-electron chi connectivity index (χ2n) is 6.59. The number of esters is 3. The fraction of sp³-hybridized carbons (Fsp3) is 0.650. The Balaban J connectivity index is 2.56. The van der Waals surface area contributed by atoms with Gasteiger partial charge in [0.05, 0.1) is 19.8 Å². The number of hydrogen-bond acceptors (Lipinski definition) is 6. The van der Waals surface area contributed by atoms with Gasteiger partial charge in [0.2, 0.25) is 0 Å². The van der Waals surface area contributed by atoms with Crippen LogP contribution in [-0.2, 0) is 28.6 Å². The van der Waals surface area contributed by atoms with Crippen LogP contribution in [0.25, 0.3) is 0 Å². The number of fused-ring (bicyclic) bond motifs is 1. The molecule has 2 aliphatic rings. The Labute approximate surface area is 154 Å². The highest BCUT2D eigenvalue weighted by Crippen LogP contribution is 2.54. The minimum absolute atomic E-state index is 0.134. The number of carbonyl (C=O) groups is 3. The minimum Gasteiger partial charge on any atom is -0.465 e. The first-order chi connectivity index (χ1) is 12.4. The topological polar surface area (TPSA) is 78.9 Å². The lowest BCUT2D eigenvalue weighted by Gasteiger charge is -2.29. The monoisotopic (exact) mass is 364 g/mol. The average Bonchev–Trinajstić information content (AvgIpc) is 2.76. The van der Waals surface area contributed by atoms with Crippen molar-refractivity contribution >= 4 is 17.9 Å². The molecule has 2 rings (SSSR count). The molecule has 0 N–H and O–H groups in total. The fourth-order valence-corrected chi connectivity index (χ4v) is 3.98. The quantitative estimate of drug-likeness (QED) is 0.312. The standard InChI is InChI=1S/C20H28O6/c1-5-24-17(21)15-11-9-8-10-14-13(4)20(12-16(14)15,18(22)25-6-2)19(23)26-7-3/h8,10,13-14H,5-7,9,11-12H2,1-4H3/t13-,14-/m1/s1. The van der Waals surface area contributed by atoms with Gasteiger partial charge in [-0.3, -0.25) is 9.59 Å². The van der Waals surface area contributed by atoms with Gasteiger partial charge in [-0.25, -0.2) is 4.79 Å². The Morgan fingerprint density at radius 1 is 1.04 bits per heavy atom. The molecule has 1 fully saturated rings. The number of hydrogen-bond donors (Lipinski definition) is 0. The highest BCUT2D eigenvalue weighted by Gasteiger charge is 2.61. The summed E-state index contributed by atoms with van der Waals surface area (Å²) >= 11 is 0. The summed E-state index contributed by atoms with van der Waals surface area (Å²) in [6.07, 6.45) is 5.39. The summed E-state index contributed by atoms with van der Waals surface area (Å²) < 4.78 is 15.7. The van der Waals surface area contributed by atoms with Crippen molar-refractivity contribution in [1.82, 2.24) is 0 Å². The fourth-order valence-electron chi connectivity index (χ4n) is 3.98. The molecule has 0 saturated heterocycles. The van der Waals surface area contributed by atoms with Crippen LogP contribution in [0.1, 0.15) is 47.0 Å². The molecule has 0 aromatic rings. The molecule has 1 saturated carbocycles. The Morgan fingerprint density at radius 3 is 2.15 bits per heavy atom. The van der Waals surface area contributed by atoms with Crippen molar-refractivity contribution in [2.45, 2.75) is 47.0 Å². The van der Waals surface area contributed by atoms with Gasteiger partial charge >= 0.3 is 17.9 Å². The van der Waals surface area contributed by atoms with E-state index in [2.05, 4.69) is 0 Å². The van der Waals surface area contributed by atoms with Gasteiger partial charge in [-0.2, -0.15) is 0 Å². The van der Waals surface area contributed by atoms with Gasteiger partial charge < -0.3 is 14.2 Å². The maximum absolute atomic E-state index is 12.8. The summed E-state index contributed by atoms with van der Waals surface area (Å²) in [5.74, 6) is -2.08. The van der Waals surface area contributed by atoms with Crippen LogP contribution in [-0.4, -0.2) is 37.7 Å². The summed E-state index contributed by atoms with van der Waals surface area (Å²) in [5.41, 5.74) is -0.0548. The third-order valence-electron chi connectivity index (χ3n) is 5.28. The van der Waals surface area contributed by atoms with E-state index in [9.17, 15) is 14.4 Å². The molecule has 6 nitrogen and oxygen atoms in total. The molecular weight excluding hydrogens is 336 g/mol. The van der Waals surface area contributed by atoms with Gasteiger partial charge in [-0.1, -0.05) is 24.6 Å². The molecule has 0 radical (unpaired) electrons. The molecule has 0 unspecified atom stereocenters. The summed E-state index contributed by atoms with van der Waals surface area (Å²) in [6, 6.07) is 0. The first-order valence-electron chi connectivity index (χ1n) is 9.34. The third-order valence-corrected chi connectivity index (χ3v) is 5.28. The van der Waals surface area contributed by atoms with Crippen LogP contribution in [0.5, 0.6) is 0 Å². The lowest BCUT2D eigenvalue weighted by atomic mass is 9.76. The zero-order valence-electron chi connectivity index (χ0n) is 16.0. The van der Waals surface area contributed by atoms with E-state index in [1.165, 1.54) is 0 Å². The van der Waals surface area contributed by atoms with E-state index < -0.39 is 17.4 Å². The third kappa shape index (κ3) is 3.41. The second-order valence-corrected chi connectivity index (χ2v) is 6.59. The molecule has 6 heteroatoms. The summed E-state index contributed by atoms with van der Waals surface area (Å²) in [6.45, 7) is 7.66. The lowest BCUT2D eigenvalue weighted by molar-refractivity contribution is -0.175. The first-order valence-corrected chi connectivity index (χ1v) is 9.34. The zero-order valence-corrected chi connectivity index (χ0v) is 16.0. The molecule has 0 heterocycles. The summed E-state index contributed by atoms with van der Waals surface area (Å²) in [4.78, 5) is 38.1. The van der Waals surface area contributed by atoms with E-state index in [1.807, 2.05) is 19.1 Å². The molecule has 2 aliphatic carbocycles. The normalized spacial score (nSPS) is 23.8. The van der Waals surface area contributed by atoms with Gasteiger partial charge in [-0.15, -0.1) is 0 Å². The van der Waals surface area contributed by atoms with Crippen molar-refractivity contribution in [3.05, 3.63) is 23.3 Å². The van der Waals surface area contributed by atoms with E-state index in [-0.39, 0.29) is 44.0 Å². The molecule has 144 valence electrons. The molecule has 0 aromatic carbocycles. The second kappa shape index (κ2) is 8.52. The van der Waals surface area contributed by atoms with E-state index in [0.29, 0.717) is 12.0 Å². The predicted octanol–water partition coefficient (Wildman–Crippen LogP) is 2.96. The van der Waals surface area contributed by atoms with Crippen LogP contribution in [0, 0.1) is 17.3 Å². The zero-order chi connectivity index (χ0) is 19.3. The van der Waals surface area contributed by atoms with Crippen molar-refractivity contribution in [1.29, 1.82) is 0 Å². The van der Waals surface area contributed by atoms with E-state index >= 15 is 0 Å². The Hall–Kier alpha value is -2.11. The van der Waals surface area contributed by atoms with E-state index in [0.717, 1.165) is 12.0 Å². The molecular formula is C20H28O6. The molecule has 0 bridgehead atoms. The van der Waals surface area contributed by atoms with Crippen molar-refractivity contribution in [2.75, 3.05) is 19.8 Å². The van der Waals surface area contributed by atoms with Gasteiger partial charge in [0.15, 0.2) is 5.41 Å². The van der Waals surface area contributed by atoms with Crippen LogP contribution in [0.4, 0.5) is 0 Å². The van der Waals surface area contributed by atoms with Gasteiger partial charge in [0, 0.05) is 11.5 Å². The highest BCUT2D eigenvalue weighted by atomic mass is 16.6. The number of allylic oxidation sites excluding steroid dienone is 3. The van der Waals surface area contributed by atoms with Crippen LogP contribution in [0.2, 0.25) is 0 Å². The summed E-state index contributed by atoms with van der Waals surface area (Å²) in [5, 5.41) is 0. The molecule has 0 amide bonds. The molecule has 0 spiro atoms. The Bertz CT molecular complexity index is 612. The maximum atomic E-state index is 12.8. The number of carbonyl (C=O) groups excluding carboxylic acids is 3. The molecule has 26 heavy (non-hydrogen) atoms. The predicted molar refractivity (Wildman–Crippen MR) is 95.0 cm³/mol. The molecule has 0 aromatic heterocycles. The minimum atomic E-state index is -1.43. The van der Waals surface area contributed by atoms with Gasteiger partial charge in [0.1, 0.15) is 0 Å². The van der Waals surface area contributed by atoms with Gasteiger partial charge in [-0.05, 0) is 46.0 Å². The Kier molecular flexibility index (Phi) is 6.62. The highest BCUT2D eigenvalue weighted by molar-refractivity contribution is 6.02. The Morgan fingerprint density at radius 2 is 1.62 bits per heavy atom. The van der Waals surface area contributed by atoms with Crippen molar-refractivity contribution in [3.8, 4) is 0 Å². The largest absolute Gasteiger partial charge is 0.465 e. The van der Waals surface area contributed by atoms with Crippen molar-refractivity contribution < 1.29 is 28.6 Å². The number of ether oxygens (including phenoxy) is 3.